The van der Waals surface area contributed by atoms with Gasteiger partial charge in [-0.1, -0.05) is 31.2 Å². The van der Waals surface area contributed by atoms with E-state index in [1.165, 1.54) is 16.8 Å². The fourth-order valence-electron chi connectivity index (χ4n) is 2.69. The second kappa shape index (κ2) is 8.73. The van der Waals surface area contributed by atoms with Crippen molar-refractivity contribution in [3.8, 4) is 11.3 Å². The summed E-state index contributed by atoms with van der Waals surface area (Å²) in [5.74, 6) is -0.269. The highest BCUT2D eigenvalue weighted by molar-refractivity contribution is 7.09. The fraction of sp³-hybridized carbons (Fsp3) is 0.300. The molecule has 1 N–H and O–H groups in total. The van der Waals surface area contributed by atoms with E-state index in [1.807, 2.05) is 26.0 Å². The molecule has 6 nitrogen and oxygen atoms in total. The van der Waals surface area contributed by atoms with Crippen molar-refractivity contribution in [2.45, 2.75) is 33.2 Å². The second-order valence-corrected chi connectivity index (χ2v) is 7.30. The number of thiazole rings is 1. The summed E-state index contributed by atoms with van der Waals surface area (Å²) >= 11 is 1.64. The molecule has 27 heavy (non-hydrogen) atoms. The number of hydrogen-bond donors (Lipinski definition) is 1. The molecular formula is C20H22N4O2S. The van der Waals surface area contributed by atoms with E-state index >= 15 is 0 Å². The molecule has 0 spiro atoms. The smallest absolute Gasteiger partial charge is 0.271 e. The Hall–Kier alpha value is -2.80. The van der Waals surface area contributed by atoms with Crippen LogP contribution in [0, 0.1) is 6.92 Å². The Balaban J connectivity index is 1.55. The maximum Gasteiger partial charge on any atom is 0.271 e. The quantitative estimate of drug-likeness (QED) is 0.681. The van der Waals surface area contributed by atoms with E-state index in [1.54, 1.807) is 11.3 Å². The second-order valence-electron chi connectivity index (χ2n) is 6.23. The van der Waals surface area contributed by atoms with E-state index in [4.69, 9.17) is 0 Å². The van der Waals surface area contributed by atoms with Gasteiger partial charge < -0.3 is 5.32 Å². The monoisotopic (exact) mass is 382 g/mol. The number of rotatable bonds is 7. The predicted octanol–water partition coefficient (Wildman–Crippen LogP) is 3.06. The summed E-state index contributed by atoms with van der Waals surface area (Å²) in [5, 5.41) is 10.1. The molecule has 0 aliphatic carbocycles. The Bertz CT molecular complexity index is 976. The average molecular weight is 382 g/mol. The molecular weight excluding hydrogens is 360 g/mol. The van der Waals surface area contributed by atoms with Crippen molar-refractivity contribution in [2.24, 2.45) is 0 Å². The van der Waals surface area contributed by atoms with Crippen LogP contribution in [0.1, 0.15) is 34.4 Å². The lowest BCUT2D eigenvalue weighted by molar-refractivity contribution is 0.0946. The van der Waals surface area contributed by atoms with Crippen LogP contribution in [0.5, 0.6) is 0 Å². The SMILES string of the molecule is CCCn1nc(C(=O)NCCc2ccc(-c3csc(C)n3)cc2)ccc1=O. The Morgan fingerprint density at radius 3 is 2.63 bits per heavy atom. The van der Waals surface area contributed by atoms with E-state index < -0.39 is 0 Å². The molecule has 7 heteroatoms. The van der Waals surface area contributed by atoms with Crippen molar-refractivity contribution in [1.82, 2.24) is 20.1 Å². The van der Waals surface area contributed by atoms with Crippen LogP contribution < -0.4 is 10.9 Å². The summed E-state index contributed by atoms with van der Waals surface area (Å²) in [5.41, 5.74) is 3.29. The minimum Gasteiger partial charge on any atom is -0.350 e. The number of nitrogens with one attached hydrogen (secondary N) is 1. The van der Waals surface area contributed by atoms with Crippen LogP contribution in [-0.2, 0) is 13.0 Å². The highest BCUT2D eigenvalue weighted by Gasteiger charge is 2.09. The van der Waals surface area contributed by atoms with Crippen LogP contribution in [0.3, 0.4) is 0 Å². The summed E-state index contributed by atoms with van der Waals surface area (Å²) in [7, 11) is 0. The molecule has 140 valence electrons. The topological polar surface area (TPSA) is 76.9 Å². The van der Waals surface area contributed by atoms with Crippen LogP contribution in [0.25, 0.3) is 11.3 Å². The normalized spacial score (nSPS) is 10.7. The number of carbonyl (C=O) groups excluding carboxylic acids is 1. The van der Waals surface area contributed by atoms with Gasteiger partial charge >= 0.3 is 0 Å². The Morgan fingerprint density at radius 2 is 1.96 bits per heavy atom. The van der Waals surface area contributed by atoms with Crippen molar-refractivity contribution >= 4 is 17.2 Å². The zero-order valence-electron chi connectivity index (χ0n) is 15.4. The molecule has 0 saturated carbocycles. The molecule has 0 bridgehead atoms. The highest BCUT2D eigenvalue weighted by atomic mass is 32.1. The zero-order valence-corrected chi connectivity index (χ0v) is 16.3. The Labute approximate surface area is 161 Å². The molecule has 2 heterocycles. The third kappa shape index (κ3) is 4.89. The molecule has 0 radical (unpaired) electrons. The van der Waals surface area contributed by atoms with E-state index in [2.05, 4.69) is 32.9 Å². The van der Waals surface area contributed by atoms with Crippen LogP contribution in [0.15, 0.2) is 46.6 Å². The number of benzene rings is 1. The van der Waals surface area contributed by atoms with Crippen molar-refractivity contribution in [3.05, 3.63) is 68.4 Å². The number of nitrogens with zero attached hydrogens (tertiary/aromatic N) is 3. The molecule has 0 unspecified atom stereocenters. The first-order valence-electron chi connectivity index (χ1n) is 8.94. The Kier molecular flexibility index (Phi) is 6.13. The van der Waals surface area contributed by atoms with Crippen molar-refractivity contribution < 1.29 is 4.79 Å². The Morgan fingerprint density at radius 1 is 1.19 bits per heavy atom. The van der Waals surface area contributed by atoms with Crippen LogP contribution in [0.2, 0.25) is 0 Å². The van der Waals surface area contributed by atoms with Crippen molar-refractivity contribution in [2.75, 3.05) is 6.54 Å². The molecule has 2 aromatic heterocycles. The standard InChI is InChI=1S/C20H22N4O2S/c1-3-12-24-19(25)9-8-17(23-24)20(26)21-11-10-15-4-6-16(7-5-15)18-13-27-14(2)22-18/h4-9,13H,3,10-12H2,1-2H3,(H,21,26). The minimum atomic E-state index is -0.269. The zero-order chi connectivity index (χ0) is 19.2. The van der Waals surface area contributed by atoms with E-state index in [-0.39, 0.29) is 17.2 Å². The lowest BCUT2D eigenvalue weighted by Gasteiger charge is -2.07. The van der Waals surface area contributed by atoms with Crippen LogP contribution >= 0.6 is 11.3 Å². The molecule has 0 aliphatic heterocycles. The molecule has 0 aliphatic rings. The summed E-state index contributed by atoms with van der Waals surface area (Å²) < 4.78 is 1.33. The van der Waals surface area contributed by atoms with E-state index in [9.17, 15) is 9.59 Å². The predicted molar refractivity (Wildman–Crippen MR) is 107 cm³/mol. The summed E-state index contributed by atoms with van der Waals surface area (Å²) in [6, 6.07) is 11.1. The lowest BCUT2D eigenvalue weighted by atomic mass is 10.1. The maximum atomic E-state index is 12.2. The largest absolute Gasteiger partial charge is 0.350 e. The van der Waals surface area contributed by atoms with Gasteiger partial charge in [-0.15, -0.1) is 11.3 Å². The van der Waals surface area contributed by atoms with Gasteiger partial charge in [-0.2, -0.15) is 5.10 Å². The van der Waals surface area contributed by atoms with Gasteiger partial charge in [0.2, 0.25) is 0 Å². The van der Waals surface area contributed by atoms with Gasteiger partial charge in [0.05, 0.1) is 10.7 Å². The number of aryl methyl sites for hydroxylation is 2. The third-order valence-corrected chi connectivity index (χ3v) is 4.88. The molecule has 1 amide bonds. The average Bonchev–Trinajstić information content (AvgIpc) is 3.10. The summed E-state index contributed by atoms with van der Waals surface area (Å²) in [6.07, 6.45) is 1.51. The van der Waals surface area contributed by atoms with Gasteiger partial charge in [-0.25, -0.2) is 9.67 Å². The van der Waals surface area contributed by atoms with E-state index in [0.717, 1.165) is 34.7 Å². The number of hydrogen-bond acceptors (Lipinski definition) is 5. The molecule has 0 fully saturated rings. The first-order valence-corrected chi connectivity index (χ1v) is 9.82. The van der Waals surface area contributed by atoms with Crippen LogP contribution in [-0.4, -0.2) is 27.2 Å². The minimum absolute atomic E-state index is 0.191. The first kappa shape index (κ1) is 19.0. The molecule has 1 aromatic carbocycles. The van der Waals surface area contributed by atoms with Gasteiger partial charge in [0.25, 0.3) is 11.5 Å². The summed E-state index contributed by atoms with van der Waals surface area (Å²) in [4.78, 5) is 28.4. The fourth-order valence-corrected chi connectivity index (χ4v) is 3.31. The summed E-state index contributed by atoms with van der Waals surface area (Å²) in [6.45, 7) is 4.96. The van der Waals surface area contributed by atoms with Gasteiger partial charge in [0.15, 0.2) is 0 Å². The van der Waals surface area contributed by atoms with Gasteiger partial charge in [0.1, 0.15) is 5.69 Å². The number of amides is 1. The maximum absolute atomic E-state index is 12.2. The van der Waals surface area contributed by atoms with Crippen molar-refractivity contribution in [1.29, 1.82) is 0 Å². The lowest BCUT2D eigenvalue weighted by Crippen LogP contribution is -2.30. The molecule has 3 rings (SSSR count). The molecule has 0 saturated heterocycles. The number of carbonyl (C=O) groups is 1. The highest BCUT2D eigenvalue weighted by Crippen LogP contribution is 2.21. The first-order chi connectivity index (χ1) is 13.1. The van der Waals surface area contributed by atoms with Crippen molar-refractivity contribution in [3.63, 3.8) is 0 Å². The molecule has 0 atom stereocenters. The van der Waals surface area contributed by atoms with Gasteiger partial charge in [-0.3, -0.25) is 9.59 Å². The number of aromatic nitrogens is 3. The molecule has 3 aromatic rings. The van der Waals surface area contributed by atoms with Gasteiger partial charge in [0, 0.05) is 30.1 Å². The van der Waals surface area contributed by atoms with Gasteiger partial charge in [-0.05, 0) is 31.4 Å². The third-order valence-electron chi connectivity index (χ3n) is 4.10. The van der Waals surface area contributed by atoms with E-state index in [0.29, 0.717) is 13.1 Å². The van der Waals surface area contributed by atoms with Crippen LogP contribution in [0.4, 0.5) is 0 Å².